The lowest BCUT2D eigenvalue weighted by atomic mass is 9.87. The Balaban J connectivity index is 0.000000142. The van der Waals surface area contributed by atoms with E-state index in [-0.39, 0.29) is 82.7 Å². The van der Waals surface area contributed by atoms with Crippen molar-refractivity contribution in [1.82, 2.24) is 66.0 Å². The monoisotopic (exact) mass is 1760 g/mol. The molecule has 5 N–H and O–H groups in total. The van der Waals surface area contributed by atoms with Crippen LogP contribution in [0.15, 0.2) is 249 Å². The van der Waals surface area contributed by atoms with Crippen LogP contribution in [0.3, 0.4) is 0 Å². The number of nitrogens with one attached hydrogen (secondary N) is 5. The maximum Gasteiger partial charge on any atom is 0.324 e. The summed E-state index contributed by atoms with van der Waals surface area (Å²) in [4.78, 5) is 100. The van der Waals surface area contributed by atoms with E-state index in [0.29, 0.717) is 60.9 Å². The second-order valence-electron chi connectivity index (χ2n) is 30.9. The van der Waals surface area contributed by atoms with Crippen molar-refractivity contribution in [3.8, 4) is 0 Å². The van der Waals surface area contributed by atoms with E-state index in [1.54, 1.807) is 35.8 Å². The second kappa shape index (κ2) is 45.8. The van der Waals surface area contributed by atoms with Gasteiger partial charge in [0.15, 0.2) is 26.1 Å². The number of piperidine rings is 5. The molecule has 1 aliphatic carbocycles. The van der Waals surface area contributed by atoms with E-state index in [4.69, 9.17) is 55.4 Å². The Labute approximate surface area is 745 Å². The Morgan fingerprint density at radius 2 is 0.672 bits per heavy atom. The number of hydrogen-bond acceptors (Lipinski definition) is 13. The van der Waals surface area contributed by atoms with Crippen LogP contribution in [0, 0.1) is 47.5 Å². The second-order valence-corrected chi connectivity index (χ2v) is 32.5. The molecule has 16 rings (SSSR count). The molecule has 6 atom stereocenters. The molecule has 20 nitrogen and oxygen atoms in total. The first-order valence-electron chi connectivity index (χ1n) is 41.8. The summed E-state index contributed by atoms with van der Waals surface area (Å²) >= 11 is 22.0. The molecular weight excluding hydrogens is 1670 g/mol. The number of urea groups is 1. The third-order valence-electron chi connectivity index (χ3n) is 22.6. The van der Waals surface area contributed by atoms with Crippen LogP contribution in [0.2, 0.25) is 0 Å². The lowest BCUT2D eigenvalue weighted by Crippen LogP contribution is -2.49. The highest BCUT2D eigenvalue weighted by molar-refractivity contribution is 7.80. The molecule has 3 aromatic heterocycles. The number of imide groups is 1. The highest BCUT2D eigenvalue weighted by Gasteiger charge is 2.40. The summed E-state index contributed by atoms with van der Waals surface area (Å²) in [7, 11) is 0. The van der Waals surface area contributed by atoms with Crippen molar-refractivity contribution in [2.24, 2.45) is 11.8 Å². The minimum atomic E-state index is -0.532. The molecular formula is C96H95F5N14O6S4. The van der Waals surface area contributed by atoms with E-state index in [2.05, 4.69) is 74.4 Å². The van der Waals surface area contributed by atoms with Crippen molar-refractivity contribution in [2.75, 3.05) is 32.7 Å². The first kappa shape index (κ1) is 91.7. The zero-order valence-corrected chi connectivity index (χ0v) is 71.8. The van der Waals surface area contributed by atoms with Gasteiger partial charge in [0.2, 0.25) is 0 Å². The van der Waals surface area contributed by atoms with Gasteiger partial charge in [0.05, 0.1) is 42.5 Å². The maximum absolute atomic E-state index is 13.1. The predicted molar refractivity (Wildman–Crippen MR) is 485 cm³/mol. The first-order valence-corrected chi connectivity index (χ1v) is 43.4. The molecule has 1 saturated carbocycles. The zero-order valence-electron chi connectivity index (χ0n) is 68.6. The van der Waals surface area contributed by atoms with Gasteiger partial charge in [-0.3, -0.25) is 65.5 Å². The van der Waals surface area contributed by atoms with Crippen molar-refractivity contribution in [2.45, 2.75) is 133 Å². The quantitative estimate of drug-likeness (QED) is 0.0461. The molecule has 8 heterocycles. The number of benzene rings is 7. The lowest BCUT2D eigenvalue weighted by molar-refractivity contribution is 0.0928. The van der Waals surface area contributed by atoms with Crippen molar-refractivity contribution in [3.05, 3.63) is 346 Å². The topological polar surface area (TPSA) is 222 Å². The molecule has 7 aromatic carbocycles. The summed E-state index contributed by atoms with van der Waals surface area (Å²) in [5, 5.41) is 15.1. The molecule has 0 radical (unpaired) electrons. The molecule has 6 aliphatic rings. The van der Waals surface area contributed by atoms with Gasteiger partial charge in [-0.2, -0.15) is 0 Å². The first-order chi connectivity index (χ1) is 60.6. The third-order valence-corrected chi connectivity index (χ3v) is 23.9. The Bertz CT molecular complexity index is 5090. The molecule has 0 spiro atoms. The number of amides is 7. The van der Waals surface area contributed by atoms with Crippen LogP contribution in [0.5, 0.6) is 0 Å². The number of aromatic nitrogens is 3. The van der Waals surface area contributed by atoms with Crippen molar-refractivity contribution in [3.63, 3.8) is 0 Å². The zero-order chi connectivity index (χ0) is 88.1. The van der Waals surface area contributed by atoms with E-state index in [9.17, 15) is 50.7 Å². The van der Waals surface area contributed by atoms with Crippen LogP contribution in [-0.4, -0.2) is 128 Å². The Hall–Kier alpha value is -12.5. The van der Waals surface area contributed by atoms with Gasteiger partial charge in [0.25, 0.3) is 29.5 Å². The molecule has 29 heteroatoms. The molecule has 0 bridgehead atoms. The van der Waals surface area contributed by atoms with E-state index in [1.165, 1.54) is 146 Å². The van der Waals surface area contributed by atoms with Gasteiger partial charge in [-0.1, -0.05) is 72.8 Å². The van der Waals surface area contributed by atoms with Crippen molar-refractivity contribution < 1.29 is 50.7 Å². The maximum atomic E-state index is 13.1. The van der Waals surface area contributed by atoms with E-state index < -0.39 is 17.8 Å². The highest BCUT2D eigenvalue weighted by atomic mass is 32.1. The molecule has 6 fully saturated rings. The largest absolute Gasteiger partial charge is 0.342 e. The fourth-order valence-corrected chi connectivity index (χ4v) is 17.2. The van der Waals surface area contributed by atoms with Crippen LogP contribution in [0.1, 0.15) is 213 Å². The van der Waals surface area contributed by atoms with Gasteiger partial charge in [0.1, 0.15) is 29.1 Å². The summed E-state index contributed by atoms with van der Waals surface area (Å²) in [5.41, 5.74) is 7.63. The smallest absolute Gasteiger partial charge is 0.324 e. The van der Waals surface area contributed by atoms with Crippen LogP contribution in [0.25, 0.3) is 4.85 Å². The van der Waals surface area contributed by atoms with Crippen LogP contribution in [-0.2, 0) is 0 Å². The number of pyridine rings is 3. The van der Waals surface area contributed by atoms with Gasteiger partial charge < -0.3 is 24.5 Å². The minimum Gasteiger partial charge on any atom is -0.342 e. The average molecular weight is 1760 g/mol. The summed E-state index contributed by atoms with van der Waals surface area (Å²) in [5.74, 6) is -2.34. The number of carbonyl (C=O) groups is 6. The number of halogens is 5. The molecule has 7 amide bonds. The standard InChI is InChI=1S/C21H22FN3OS.C20H18FN3OS.C19H19FN2OS.C18H18FN3O2.C18H18FN3OS/c22-18-8-5-15(6-9-18)20(26)24-21(27)25-13-17(14-3-4-14)7-10-19(25)16-2-1-11-23-12-16;1-22-17-6-4-5-15(13-17)18-7-2-3-12-24(18)20(26)23-19(25)14-8-10-16(21)11-9-14;20-16-11-9-15(10-12-16)18(23)21-19(24)22-13-5-4-8-17(22)14-6-2-1-3-7-14;19-15-8-6-13(7-9-15)17(23)21-18(24)22-11-2-1-5-16(22)14-4-3-10-20-12-14;19-14-9-7-13(8-10-14)17(23)21-18(24)22-12-4-2-6-16(22)15-5-1-3-11-20-15/h1-2,5-6,8-9,11-12,14,17,19H,3-4,7,10,13H2,(H,24,26,27);4-6,8-11,13,18H,2-3,7,12H2,(H,23,25,26);1-3,6-7,9-12,17H,4-5,8,13H2,(H,21,23,24);3-4,6-10,12,16H,1-2,5,11H2,(H,21,23,24);1,3,5,7-11,16H,2,4,6,12H2,(H,21,23,24). The molecule has 6 unspecified atom stereocenters. The molecule has 125 heavy (non-hydrogen) atoms. The number of rotatable bonds is 11. The fraction of sp³-hybridized carbons (Fsp3) is 0.292. The third kappa shape index (κ3) is 26.3. The van der Waals surface area contributed by atoms with E-state index >= 15 is 0 Å². The number of carbonyl (C=O) groups excluding carboxylic acids is 6. The van der Waals surface area contributed by atoms with E-state index in [0.717, 1.165) is 138 Å². The summed E-state index contributed by atoms with van der Waals surface area (Å²) in [6, 6.07) is 58.0. The SMILES string of the molecule is O=C(NC(=O)N1CCCCC1c1cccnc1)c1ccc(F)cc1.O=C(NC(=S)N1CC(C2CC2)CCC1c1cccnc1)c1ccc(F)cc1.O=C(NC(=S)N1CCCCC1c1ccccc1)c1ccc(F)cc1.O=C(NC(=S)N1CCCCC1c1ccccn1)c1ccc(F)cc1.[C-]#[N+]c1cccc(C2CCCCN2C(=S)NC(=O)c2ccc(F)cc2)c1. The van der Waals surface area contributed by atoms with Crippen LogP contribution < -0.4 is 26.6 Å². The van der Waals surface area contributed by atoms with Gasteiger partial charge in [0, 0.05) is 91.5 Å². The number of likely N-dealkylation sites (tertiary alicyclic amines) is 5. The summed E-state index contributed by atoms with van der Waals surface area (Å²) < 4.78 is 65.0. The number of hydrogen-bond donors (Lipinski definition) is 5. The van der Waals surface area contributed by atoms with Crippen molar-refractivity contribution >= 4 is 111 Å². The van der Waals surface area contributed by atoms with E-state index in [1.807, 2.05) is 88.8 Å². The van der Waals surface area contributed by atoms with Crippen LogP contribution in [0.4, 0.5) is 32.4 Å². The number of thiocarbonyl (C=S) groups is 4. The normalized spacial score (nSPS) is 18.3. The van der Waals surface area contributed by atoms with Crippen molar-refractivity contribution in [1.29, 1.82) is 0 Å². The Morgan fingerprint density at radius 3 is 1.06 bits per heavy atom. The summed E-state index contributed by atoms with van der Waals surface area (Å²) in [6.07, 6.45) is 25.6. The Morgan fingerprint density at radius 1 is 0.328 bits per heavy atom. The molecule has 5 aliphatic heterocycles. The molecule has 5 saturated heterocycles. The lowest BCUT2D eigenvalue weighted by Gasteiger charge is -2.41. The van der Waals surface area contributed by atoms with Gasteiger partial charge in [-0.05, 0) is 331 Å². The van der Waals surface area contributed by atoms with Gasteiger partial charge >= 0.3 is 6.03 Å². The van der Waals surface area contributed by atoms with Gasteiger partial charge in [-0.25, -0.2) is 31.6 Å². The highest BCUT2D eigenvalue weighted by Crippen LogP contribution is 2.45. The Kier molecular flexibility index (Phi) is 33.6. The van der Waals surface area contributed by atoms with Crippen LogP contribution >= 0.6 is 48.9 Å². The summed E-state index contributed by atoms with van der Waals surface area (Å²) in [6.45, 7) is 11.0. The predicted octanol–water partition coefficient (Wildman–Crippen LogP) is 19.5. The van der Waals surface area contributed by atoms with Gasteiger partial charge in [-0.15, -0.1) is 0 Å². The number of nitrogens with zero attached hydrogens (tertiary/aromatic N) is 9. The average Bonchev–Trinajstić information content (AvgIpc) is 1.63. The molecule has 10 aromatic rings. The minimum absolute atomic E-state index is 0.0338. The fourth-order valence-electron chi connectivity index (χ4n) is 16.0. The molecule has 644 valence electrons.